The van der Waals surface area contributed by atoms with Gasteiger partial charge < -0.3 is 14.3 Å². The highest BCUT2D eigenvalue weighted by molar-refractivity contribution is 9.10. The lowest BCUT2D eigenvalue weighted by Gasteiger charge is -2.24. The number of carbonyl (C=O) groups excluding carboxylic acids is 2. The molecule has 0 saturated carbocycles. The number of halogens is 1. The Morgan fingerprint density at radius 2 is 1.82 bits per heavy atom. The fraction of sp³-hybridized carbons (Fsp3) is 0.259. The van der Waals surface area contributed by atoms with Crippen LogP contribution in [0, 0.1) is 6.92 Å². The van der Waals surface area contributed by atoms with Gasteiger partial charge in [0.2, 0.25) is 0 Å². The number of aliphatic hydroxyl groups excluding tert-OH is 1. The van der Waals surface area contributed by atoms with Crippen LogP contribution in [-0.2, 0) is 15.0 Å². The maximum absolute atomic E-state index is 13.3. The predicted molar refractivity (Wildman–Crippen MR) is 134 cm³/mol. The Bertz CT molecular complexity index is 1310. The Hall–Kier alpha value is -3.32. The van der Waals surface area contributed by atoms with E-state index in [1.165, 1.54) is 4.90 Å². The summed E-state index contributed by atoms with van der Waals surface area (Å²) in [6, 6.07) is 14.9. The highest BCUT2D eigenvalue weighted by atomic mass is 79.9. The first kappa shape index (κ1) is 23.8. The number of benzene rings is 2. The summed E-state index contributed by atoms with van der Waals surface area (Å²) in [6.07, 6.45) is 0. The number of nitrogens with zero attached hydrogens (tertiary/aromatic N) is 1. The Kier molecular flexibility index (Phi) is 6.16. The maximum atomic E-state index is 13.3. The van der Waals surface area contributed by atoms with Crippen molar-refractivity contribution in [3.8, 4) is 5.75 Å². The number of methoxy groups -OCH3 is 1. The molecular weight excluding hydrogens is 498 g/mol. The average Bonchev–Trinajstić information content (AvgIpc) is 3.33. The van der Waals surface area contributed by atoms with Gasteiger partial charge >= 0.3 is 0 Å². The fourth-order valence-electron chi connectivity index (χ4n) is 4.19. The van der Waals surface area contributed by atoms with Crippen molar-refractivity contribution in [3.05, 3.63) is 87.3 Å². The molecule has 2 heterocycles. The number of Topliss-reactive ketones (excluding diaryl/α,β-unsaturated/α-hetero) is 1. The summed E-state index contributed by atoms with van der Waals surface area (Å²) < 4.78 is 12.1. The monoisotopic (exact) mass is 523 g/mol. The minimum atomic E-state index is -0.914. The second-order valence-corrected chi connectivity index (χ2v) is 10.2. The zero-order valence-corrected chi connectivity index (χ0v) is 21.3. The van der Waals surface area contributed by atoms with Crippen LogP contribution in [0.15, 0.2) is 69.1 Å². The van der Waals surface area contributed by atoms with E-state index >= 15 is 0 Å². The third-order valence-electron chi connectivity index (χ3n) is 5.84. The number of rotatable bonds is 4. The largest absolute Gasteiger partial charge is 0.507 e. The molecule has 176 valence electrons. The van der Waals surface area contributed by atoms with Gasteiger partial charge in [0.15, 0.2) is 0 Å². The highest BCUT2D eigenvalue weighted by Gasteiger charge is 2.48. The maximum Gasteiger partial charge on any atom is 0.300 e. The SMILES string of the molecule is COc1ccc(/C(O)=C2/C(=O)C(=O)N(c3cccc(Br)c3)C2c2ccc(C)o2)cc1C(C)(C)C. The lowest BCUT2D eigenvalue weighted by atomic mass is 9.84. The van der Waals surface area contributed by atoms with E-state index in [1.807, 2.05) is 26.8 Å². The molecule has 0 radical (unpaired) electrons. The number of hydrogen-bond donors (Lipinski definition) is 1. The molecule has 1 saturated heterocycles. The van der Waals surface area contributed by atoms with Gasteiger partial charge in [-0.2, -0.15) is 0 Å². The quantitative estimate of drug-likeness (QED) is 0.247. The van der Waals surface area contributed by atoms with Crippen molar-refractivity contribution in [2.75, 3.05) is 12.0 Å². The fourth-order valence-corrected chi connectivity index (χ4v) is 4.58. The van der Waals surface area contributed by atoms with Gasteiger partial charge in [-0.15, -0.1) is 0 Å². The van der Waals surface area contributed by atoms with Crippen LogP contribution in [0.25, 0.3) is 5.76 Å². The van der Waals surface area contributed by atoms with Crippen LogP contribution >= 0.6 is 15.9 Å². The number of furan rings is 1. The van der Waals surface area contributed by atoms with Crippen molar-refractivity contribution in [2.45, 2.75) is 39.2 Å². The number of anilines is 1. The van der Waals surface area contributed by atoms with E-state index in [-0.39, 0.29) is 16.7 Å². The highest BCUT2D eigenvalue weighted by Crippen LogP contribution is 2.44. The van der Waals surface area contributed by atoms with E-state index in [0.717, 1.165) is 10.0 Å². The molecule has 1 fully saturated rings. The van der Waals surface area contributed by atoms with Gasteiger partial charge in [-0.25, -0.2) is 0 Å². The normalized spacial score (nSPS) is 17.9. The minimum Gasteiger partial charge on any atom is -0.507 e. The van der Waals surface area contributed by atoms with E-state index in [1.54, 1.807) is 62.6 Å². The predicted octanol–water partition coefficient (Wildman–Crippen LogP) is 6.28. The van der Waals surface area contributed by atoms with Crippen LogP contribution < -0.4 is 9.64 Å². The number of amides is 1. The minimum absolute atomic E-state index is 0.0237. The van der Waals surface area contributed by atoms with Gasteiger partial charge in [0.1, 0.15) is 29.1 Å². The molecule has 2 aromatic carbocycles. The number of hydrogen-bond acceptors (Lipinski definition) is 5. The molecule has 1 atom stereocenters. The first-order valence-electron chi connectivity index (χ1n) is 10.8. The lowest BCUT2D eigenvalue weighted by molar-refractivity contribution is -0.132. The number of aliphatic hydroxyl groups is 1. The van der Waals surface area contributed by atoms with Crippen molar-refractivity contribution in [3.63, 3.8) is 0 Å². The van der Waals surface area contributed by atoms with Gasteiger partial charge in [-0.05, 0) is 60.9 Å². The van der Waals surface area contributed by atoms with Crippen molar-refractivity contribution >= 4 is 39.1 Å². The topological polar surface area (TPSA) is 80.0 Å². The third-order valence-corrected chi connectivity index (χ3v) is 6.34. The molecule has 1 amide bonds. The van der Waals surface area contributed by atoms with Crippen LogP contribution in [0.2, 0.25) is 0 Å². The molecule has 6 nitrogen and oxygen atoms in total. The number of ether oxygens (including phenoxy) is 1. The Morgan fingerprint density at radius 1 is 1.09 bits per heavy atom. The zero-order chi connectivity index (χ0) is 24.8. The van der Waals surface area contributed by atoms with E-state index in [2.05, 4.69) is 15.9 Å². The van der Waals surface area contributed by atoms with Crippen LogP contribution in [0.4, 0.5) is 5.69 Å². The third kappa shape index (κ3) is 4.16. The van der Waals surface area contributed by atoms with E-state index in [0.29, 0.717) is 28.5 Å². The molecule has 1 aliphatic heterocycles. The molecule has 3 aromatic rings. The summed E-state index contributed by atoms with van der Waals surface area (Å²) >= 11 is 3.43. The van der Waals surface area contributed by atoms with Crippen molar-refractivity contribution in [1.82, 2.24) is 0 Å². The van der Waals surface area contributed by atoms with Crippen LogP contribution in [0.5, 0.6) is 5.75 Å². The van der Waals surface area contributed by atoms with Gasteiger partial charge in [-0.1, -0.05) is 42.8 Å². The van der Waals surface area contributed by atoms with Crippen molar-refractivity contribution in [1.29, 1.82) is 0 Å². The number of carbonyl (C=O) groups is 2. The molecule has 1 aliphatic rings. The van der Waals surface area contributed by atoms with Gasteiger partial charge in [0.05, 0.1) is 12.7 Å². The van der Waals surface area contributed by atoms with Crippen LogP contribution in [0.1, 0.15) is 49.5 Å². The number of aryl methyl sites for hydroxylation is 1. The Balaban J connectivity index is 1.95. The average molecular weight is 524 g/mol. The van der Waals surface area contributed by atoms with E-state index in [4.69, 9.17) is 9.15 Å². The molecule has 0 bridgehead atoms. The number of ketones is 1. The molecule has 4 rings (SSSR count). The second kappa shape index (κ2) is 8.80. The summed E-state index contributed by atoms with van der Waals surface area (Å²) in [5.41, 5.74) is 1.50. The first-order chi connectivity index (χ1) is 16.0. The van der Waals surface area contributed by atoms with Gasteiger partial charge in [-0.3, -0.25) is 14.5 Å². The molecule has 1 aromatic heterocycles. The molecule has 7 heteroatoms. The zero-order valence-electron chi connectivity index (χ0n) is 19.7. The molecule has 0 spiro atoms. The van der Waals surface area contributed by atoms with E-state index in [9.17, 15) is 14.7 Å². The summed E-state index contributed by atoms with van der Waals surface area (Å²) in [5.74, 6) is -0.0649. The Labute approximate surface area is 207 Å². The summed E-state index contributed by atoms with van der Waals surface area (Å²) in [6.45, 7) is 7.89. The molecule has 1 unspecified atom stereocenters. The first-order valence-corrected chi connectivity index (χ1v) is 11.6. The second-order valence-electron chi connectivity index (χ2n) is 9.26. The van der Waals surface area contributed by atoms with E-state index < -0.39 is 17.7 Å². The summed E-state index contributed by atoms with van der Waals surface area (Å²) in [4.78, 5) is 27.9. The standard InChI is InChI=1S/C27H26BrNO5/c1-15-9-11-21(34-15)23-22(25(31)26(32)29(23)18-8-6-7-17(28)14-18)24(30)16-10-12-20(33-5)19(13-16)27(2,3)4/h6-14,23,30H,1-5H3/b24-22-. The molecule has 34 heavy (non-hydrogen) atoms. The van der Waals surface area contributed by atoms with Crippen LogP contribution in [-0.4, -0.2) is 23.9 Å². The molecule has 0 aliphatic carbocycles. The lowest BCUT2D eigenvalue weighted by Crippen LogP contribution is -2.29. The molecule has 1 N–H and O–H groups in total. The molecular formula is C27H26BrNO5. The van der Waals surface area contributed by atoms with Gasteiger partial charge in [0.25, 0.3) is 11.7 Å². The van der Waals surface area contributed by atoms with Crippen molar-refractivity contribution in [2.24, 2.45) is 0 Å². The summed E-state index contributed by atoms with van der Waals surface area (Å²) in [5, 5.41) is 11.4. The Morgan fingerprint density at radius 3 is 2.41 bits per heavy atom. The van der Waals surface area contributed by atoms with Gasteiger partial charge in [0, 0.05) is 21.3 Å². The smallest absolute Gasteiger partial charge is 0.300 e. The van der Waals surface area contributed by atoms with Crippen molar-refractivity contribution < 1.29 is 23.8 Å². The summed E-state index contributed by atoms with van der Waals surface area (Å²) in [7, 11) is 1.59. The van der Waals surface area contributed by atoms with Crippen LogP contribution in [0.3, 0.4) is 0 Å².